The van der Waals surface area contributed by atoms with E-state index < -0.39 is 0 Å². The van der Waals surface area contributed by atoms with Gasteiger partial charge >= 0.3 is 0 Å². The summed E-state index contributed by atoms with van der Waals surface area (Å²) in [5.74, 6) is 0.973. The monoisotopic (exact) mass is 369 g/mol. The number of aromatic nitrogens is 1. The minimum Gasteiger partial charge on any atom is -0.488 e. The highest BCUT2D eigenvalue weighted by molar-refractivity contribution is 5.85. The third-order valence-corrected chi connectivity index (χ3v) is 5.56. The van der Waals surface area contributed by atoms with Crippen molar-refractivity contribution in [1.29, 1.82) is 0 Å². The van der Waals surface area contributed by atoms with Gasteiger partial charge in [0.05, 0.1) is 0 Å². The molecule has 2 aromatic rings. The van der Waals surface area contributed by atoms with Gasteiger partial charge in [-0.2, -0.15) is 0 Å². The van der Waals surface area contributed by atoms with Crippen molar-refractivity contribution in [1.82, 2.24) is 9.88 Å². The molecule has 1 aromatic carbocycles. The average molecular weight is 370 g/mol. The highest BCUT2D eigenvalue weighted by atomic mass is 16.5. The molecule has 1 fully saturated rings. The van der Waals surface area contributed by atoms with Crippen LogP contribution in [0.3, 0.4) is 0 Å². The lowest BCUT2D eigenvalue weighted by Crippen LogP contribution is -2.38. The first-order valence-corrected chi connectivity index (χ1v) is 10.8. The zero-order valence-electron chi connectivity index (χ0n) is 16.8. The van der Waals surface area contributed by atoms with Crippen LogP contribution in [-0.2, 0) is 6.42 Å². The maximum atomic E-state index is 6.47. The Morgan fingerprint density at radius 1 is 1.15 bits per heavy atom. The number of piperidine rings is 1. The van der Waals surface area contributed by atoms with Gasteiger partial charge in [0.1, 0.15) is 17.4 Å². The van der Waals surface area contributed by atoms with Gasteiger partial charge in [-0.25, -0.2) is 0 Å². The third kappa shape index (κ3) is 5.91. The number of hydrogen-bond acceptors (Lipinski definition) is 4. The number of unbranched alkanes of at least 4 members (excludes halogenated alkanes) is 3. The van der Waals surface area contributed by atoms with Crippen LogP contribution in [0.15, 0.2) is 30.5 Å². The molecule has 2 heterocycles. The summed E-state index contributed by atoms with van der Waals surface area (Å²) < 4.78 is 6.47. The second-order valence-corrected chi connectivity index (χ2v) is 7.78. The van der Waals surface area contributed by atoms with Crippen molar-refractivity contribution in [2.75, 3.05) is 26.2 Å². The molecule has 0 amide bonds. The Kier molecular flexibility index (Phi) is 7.91. The quantitative estimate of drug-likeness (QED) is 0.624. The Bertz CT molecular complexity index is 695. The molecule has 0 saturated carbocycles. The van der Waals surface area contributed by atoms with Gasteiger partial charge in [-0.15, -0.1) is 0 Å². The normalized spacial score (nSPS) is 16.1. The van der Waals surface area contributed by atoms with Crippen molar-refractivity contribution in [2.24, 2.45) is 5.73 Å². The maximum absolute atomic E-state index is 6.47. The number of ether oxygens (including phenoxy) is 1. The van der Waals surface area contributed by atoms with E-state index in [9.17, 15) is 0 Å². The lowest BCUT2D eigenvalue weighted by Gasteiger charge is -2.32. The number of aryl methyl sites for hydroxylation is 1. The van der Waals surface area contributed by atoms with Crippen LogP contribution in [-0.4, -0.2) is 42.2 Å². The topological polar surface area (TPSA) is 51.4 Å². The third-order valence-electron chi connectivity index (χ3n) is 5.56. The zero-order valence-corrected chi connectivity index (χ0v) is 16.8. The maximum Gasteiger partial charge on any atom is 0.146 e. The van der Waals surface area contributed by atoms with E-state index in [1.165, 1.54) is 43.2 Å². The van der Waals surface area contributed by atoms with Crippen LogP contribution >= 0.6 is 0 Å². The predicted molar refractivity (Wildman–Crippen MR) is 113 cm³/mol. The summed E-state index contributed by atoms with van der Waals surface area (Å²) in [6.07, 6.45) is 11.6. The largest absolute Gasteiger partial charge is 0.488 e. The van der Waals surface area contributed by atoms with Crippen molar-refractivity contribution < 1.29 is 4.74 Å². The number of fused-ring (bicyclic) bond motifs is 1. The molecule has 1 aliphatic heterocycles. The van der Waals surface area contributed by atoms with Crippen molar-refractivity contribution in [2.45, 2.75) is 64.4 Å². The Morgan fingerprint density at radius 3 is 2.78 bits per heavy atom. The van der Waals surface area contributed by atoms with Crippen LogP contribution < -0.4 is 10.5 Å². The lowest BCUT2D eigenvalue weighted by molar-refractivity contribution is 0.101. The van der Waals surface area contributed by atoms with Gasteiger partial charge in [0.2, 0.25) is 0 Å². The van der Waals surface area contributed by atoms with Crippen molar-refractivity contribution >= 4 is 10.9 Å². The number of pyridine rings is 1. The molecule has 1 aliphatic rings. The van der Waals surface area contributed by atoms with Gasteiger partial charge in [0.25, 0.3) is 0 Å². The summed E-state index contributed by atoms with van der Waals surface area (Å²) in [7, 11) is 0. The number of hydrogen-bond donors (Lipinski definition) is 1. The molecule has 3 rings (SSSR count). The molecule has 2 N–H and O–H groups in total. The van der Waals surface area contributed by atoms with Crippen LogP contribution in [0.1, 0.15) is 57.4 Å². The summed E-state index contributed by atoms with van der Waals surface area (Å²) in [5.41, 5.74) is 7.95. The first kappa shape index (κ1) is 20.1. The molecule has 0 spiro atoms. The highest BCUT2D eigenvalue weighted by Crippen LogP contribution is 2.29. The summed E-state index contributed by atoms with van der Waals surface area (Å²) >= 11 is 0. The average Bonchev–Trinajstić information content (AvgIpc) is 2.71. The fraction of sp³-hybridized carbons (Fsp3) is 0.609. The fourth-order valence-corrected chi connectivity index (χ4v) is 3.92. The molecule has 4 heteroatoms. The van der Waals surface area contributed by atoms with Crippen LogP contribution in [0.25, 0.3) is 10.9 Å². The fourth-order valence-electron chi connectivity index (χ4n) is 3.92. The van der Waals surface area contributed by atoms with Gasteiger partial charge in [-0.1, -0.05) is 25.8 Å². The number of nitrogens with two attached hydrogens (primary N) is 1. The molecule has 4 nitrogen and oxygen atoms in total. The molecular formula is C23H35N3O. The molecule has 148 valence electrons. The number of nitrogens with zero attached hydrogens (tertiary/aromatic N) is 2. The second-order valence-electron chi connectivity index (χ2n) is 7.78. The Labute approximate surface area is 164 Å². The Morgan fingerprint density at radius 2 is 2.00 bits per heavy atom. The molecule has 1 aromatic heterocycles. The van der Waals surface area contributed by atoms with E-state index in [4.69, 9.17) is 10.5 Å². The molecule has 0 aliphatic carbocycles. The van der Waals surface area contributed by atoms with E-state index in [0.29, 0.717) is 6.10 Å². The van der Waals surface area contributed by atoms with E-state index in [1.807, 2.05) is 12.3 Å². The van der Waals surface area contributed by atoms with Gasteiger partial charge in [-0.05, 0) is 75.4 Å². The lowest BCUT2D eigenvalue weighted by atomic mass is 10.0. The molecule has 0 radical (unpaired) electrons. The van der Waals surface area contributed by atoms with Crippen molar-refractivity contribution in [3.63, 3.8) is 0 Å². The van der Waals surface area contributed by atoms with Crippen LogP contribution in [0, 0.1) is 0 Å². The molecule has 27 heavy (non-hydrogen) atoms. The first-order chi connectivity index (χ1) is 13.3. The summed E-state index contributed by atoms with van der Waals surface area (Å²) in [6.45, 7) is 6.52. The number of likely N-dealkylation sites (tertiary alicyclic amines) is 1. The molecule has 0 unspecified atom stereocenters. The van der Waals surface area contributed by atoms with Gasteiger partial charge in [0, 0.05) is 24.7 Å². The van der Waals surface area contributed by atoms with Crippen LogP contribution in [0.4, 0.5) is 0 Å². The van der Waals surface area contributed by atoms with E-state index in [1.54, 1.807) is 0 Å². The molecular weight excluding hydrogens is 334 g/mol. The standard InChI is InChI=1S/C23H35N3O/c1-2-3-8-19-17-20-9-7-13-25-23(20)22(18-19)27-21-10-15-26(16-11-21)14-6-4-5-12-24/h7,9,13,17-18,21H,2-6,8,10-12,14-16,24H2,1H3. The smallest absolute Gasteiger partial charge is 0.146 e. The minimum atomic E-state index is 0.303. The predicted octanol–water partition coefficient (Wildman–Crippen LogP) is 4.55. The molecule has 0 atom stereocenters. The highest BCUT2D eigenvalue weighted by Gasteiger charge is 2.21. The second kappa shape index (κ2) is 10.6. The van der Waals surface area contributed by atoms with Gasteiger partial charge in [0.15, 0.2) is 0 Å². The van der Waals surface area contributed by atoms with Crippen LogP contribution in [0.5, 0.6) is 5.75 Å². The molecule has 1 saturated heterocycles. The van der Waals surface area contributed by atoms with Gasteiger partial charge < -0.3 is 15.4 Å². The van der Waals surface area contributed by atoms with Crippen molar-refractivity contribution in [3.8, 4) is 5.75 Å². The molecule has 0 bridgehead atoms. The SMILES string of the molecule is CCCCc1cc(OC2CCN(CCCCCN)CC2)c2ncccc2c1. The Balaban J connectivity index is 1.59. The van der Waals surface area contributed by atoms with E-state index in [-0.39, 0.29) is 0 Å². The number of benzene rings is 1. The summed E-state index contributed by atoms with van der Waals surface area (Å²) in [6, 6.07) is 8.66. The van der Waals surface area contributed by atoms with E-state index in [2.05, 4.69) is 35.0 Å². The van der Waals surface area contributed by atoms with E-state index >= 15 is 0 Å². The summed E-state index contributed by atoms with van der Waals surface area (Å²) in [5, 5.41) is 1.19. The van der Waals surface area contributed by atoms with Gasteiger partial charge in [-0.3, -0.25) is 4.98 Å². The summed E-state index contributed by atoms with van der Waals surface area (Å²) in [4.78, 5) is 7.17. The van der Waals surface area contributed by atoms with Crippen molar-refractivity contribution in [3.05, 3.63) is 36.0 Å². The minimum absolute atomic E-state index is 0.303. The first-order valence-electron chi connectivity index (χ1n) is 10.8. The van der Waals surface area contributed by atoms with E-state index in [0.717, 1.165) is 56.6 Å². The Hall–Kier alpha value is -1.65. The van der Waals surface area contributed by atoms with Crippen LogP contribution in [0.2, 0.25) is 0 Å². The number of rotatable bonds is 10. The zero-order chi connectivity index (χ0) is 18.9.